The van der Waals surface area contributed by atoms with E-state index in [-0.39, 0.29) is 36.4 Å². The number of nitrogens with one attached hydrogen (secondary N) is 2. The summed E-state index contributed by atoms with van der Waals surface area (Å²) in [5, 5.41) is 5.43. The Morgan fingerprint density at radius 3 is 2.30 bits per heavy atom. The van der Waals surface area contributed by atoms with Gasteiger partial charge in [0, 0.05) is 18.7 Å². The third-order valence-corrected chi connectivity index (χ3v) is 5.86. The van der Waals surface area contributed by atoms with Crippen molar-refractivity contribution in [2.75, 3.05) is 21.3 Å². The molecule has 0 radical (unpaired) electrons. The van der Waals surface area contributed by atoms with Crippen molar-refractivity contribution in [3.05, 3.63) is 92.5 Å². The molecule has 0 aliphatic heterocycles. The quantitative estimate of drug-likeness (QED) is 0.351. The van der Waals surface area contributed by atoms with Gasteiger partial charge in [0.1, 0.15) is 12.3 Å². The summed E-state index contributed by atoms with van der Waals surface area (Å²) in [6.07, 6.45) is 1.50. The minimum Gasteiger partial charge on any atom is -0.493 e. The van der Waals surface area contributed by atoms with E-state index in [9.17, 15) is 19.2 Å². The number of amides is 2. The number of furan rings is 1. The molecule has 0 aliphatic rings. The number of fused-ring (bicyclic) bond motifs is 1. The van der Waals surface area contributed by atoms with Crippen molar-refractivity contribution in [3.63, 3.8) is 0 Å². The average molecular weight is 507 g/mol. The maximum Gasteiger partial charge on any atom is 0.332 e. The maximum absolute atomic E-state index is 13.5. The number of benzene rings is 2. The lowest BCUT2D eigenvalue weighted by Crippen LogP contribution is -2.42. The smallest absolute Gasteiger partial charge is 0.332 e. The highest BCUT2D eigenvalue weighted by Crippen LogP contribution is 2.30. The second-order valence-electron chi connectivity index (χ2n) is 8.12. The molecule has 2 N–H and O–H groups in total. The number of hydrogen-bond acceptors (Lipinski definition) is 7. The van der Waals surface area contributed by atoms with Gasteiger partial charge in [0.2, 0.25) is 5.91 Å². The first kappa shape index (κ1) is 25.3. The van der Waals surface area contributed by atoms with Gasteiger partial charge in [0.25, 0.3) is 11.5 Å². The number of rotatable bonds is 9. The van der Waals surface area contributed by atoms with E-state index < -0.39 is 17.2 Å². The highest BCUT2D eigenvalue weighted by atomic mass is 16.5. The Labute approximate surface area is 211 Å². The van der Waals surface area contributed by atoms with E-state index in [4.69, 9.17) is 13.9 Å². The van der Waals surface area contributed by atoms with Gasteiger partial charge in [-0.3, -0.25) is 23.5 Å². The topological polar surface area (TPSA) is 134 Å². The molecule has 4 aromatic rings. The Hall–Kier alpha value is -4.80. The van der Waals surface area contributed by atoms with E-state index in [0.29, 0.717) is 28.4 Å². The predicted octanol–water partition coefficient (Wildman–Crippen LogP) is 1.50. The number of carbonyl (C=O) groups excluding carboxylic acids is 2. The van der Waals surface area contributed by atoms with Gasteiger partial charge < -0.3 is 24.5 Å². The summed E-state index contributed by atoms with van der Waals surface area (Å²) in [5.41, 5.74) is 0.0731. The second-order valence-corrected chi connectivity index (χ2v) is 8.12. The SMILES string of the molecule is CNC(=O)c1ccc(Cn2c(=O)c3cc(OC)c(OC)cc3n(CC(=O)NCc3ccco3)c2=O)cc1. The van der Waals surface area contributed by atoms with Gasteiger partial charge in [-0.1, -0.05) is 12.1 Å². The highest BCUT2D eigenvalue weighted by Gasteiger charge is 2.19. The molecule has 0 atom stereocenters. The van der Waals surface area contributed by atoms with Crippen molar-refractivity contribution < 1.29 is 23.5 Å². The van der Waals surface area contributed by atoms with Crippen molar-refractivity contribution in [1.82, 2.24) is 19.8 Å². The first-order valence-corrected chi connectivity index (χ1v) is 11.4. The second kappa shape index (κ2) is 10.9. The van der Waals surface area contributed by atoms with Gasteiger partial charge in [-0.05, 0) is 35.9 Å². The minimum absolute atomic E-state index is 0.0655. The van der Waals surface area contributed by atoms with Crippen molar-refractivity contribution in [3.8, 4) is 11.5 Å². The van der Waals surface area contributed by atoms with E-state index in [0.717, 1.165) is 4.57 Å². The van der Waals surface area contributed by atoms with Crippen LogP contribution in [0.5, 0.6) is 11.5 Å². The van der Waals surface area contributed by atoms with E-state index in [1.165, 1.54) is 44.2 Å². The Morgan fingerprint density at radius 2 is 1.68 bits per heavy atom. The van der Waals surface area contributed by atoms with Crippen LogP contribution in [0.25, 0.3) is 10.9 Å². The lowest BCUT2D eigenvalue weighted by atomic mass is 10.1. The minimum atomic E-state index is -0.673. The van der Waals surface area contributed by atoms with Crippen LogP contribution in [0, 0.1) is 0 Å². The number of methoxy groups -OCH3 is 2. The Bertz CT molecular complexity index is 1550. The number of hydrogen-bond donors (Lipinski definition) is 2. The molecule has 2 amide bonds. The fourth-order valence-electron chi connectivity index (χ4n) is 3.92. The molecule has 0 aliphatic carbocycles. The molecule has 11 heteroatoms. The average Bonchev–Trinajstić information content (AvgIpc) is 3.45. The molecule has 0 spiro atoms. The Balaban J connectivity index is 1.78. The first-order chi connectivity index (χ1) is 17.9. The molecular weight excluding hydrogens is 480 g/mol. The van der Waals surface area contributed by atoms with Crippen LogP contribution in [-0.4, -0.2) is 42.2 Å². The highest BCUT2D eigenvalue weighted by molar-refractivity contribution is 5.94. The molecule has 0 fully saturated rings. The monoisotopic (exact) mass is 506 g/mol. The fourth-order valence-corrected chi connectivity index (χ4v) is 3.92. The van der Waals surface area contributed by atoms with Gasteiger partial charge in [-0.15, -0.1) is 0 Å². The van der Waals surface area contributed by atoms with Crippen molar-refractivity contribution in [2.45, 2.75) is 19.6 Å². The van der Waals surface area contributed by atoms with Crippen molar-refractivity contribution in [2.24, 2.45) is 0 Å². The van der Waals surface area contributed by atoms with Crippen LogP contribution in [0.3, 0.4) is 0 Å². The molecule has 2 aromatic heterocycles. The molecule has 2 aromatic carbocycles. The lowest BCUT2D eigenvalue weighted by Gasteiger charge is -2.16. The van der Waals surface area contributed by atoms with Crippen LogP contribution in [0.2, 0.25) is 0 Å². The summed E-state index contributed by atoms with van der Waals surface area (Å²) in [4.78, 5) is 51.6. The molecule has 0 unspecified atom stereocenters. The van der Waals surface area contributed by atoms with Crippen LogP contribution in [0.1, 0.15) is 21.7 Å². The molecular formula is C26H26N4O7. The number of aromatic nitrogens is 2. The standard InChI is InChI=1S/C26H26N4O7/c1-27-24(32)17-8-6-16(7-9-17)14-30-25(33)19-11-21(35-2)22(36-3)12-20(19)29(26(30)34)15-23(31)28-13-18-5-4-10-37-18/h4-12H,13-15H2,1-3H3,(H,27,32)(H,28,31). The van der Waals surface area contributed by atoms with Crippen molar-refractivity contribution in [1.29, 1.82) is 0 Å². The Morgan fingerprint density at radius 1 is 0.973 bits per heavy atom. The molecule has 0 saturated carbocycles. The van der Waals surface area contributed by atoms with Gasteiger partial charge >= 0.3 is 5.69 Å². The normalized spacial score (nSPS) is 10.8. The largest absolute Gasteiger partial charge is 0.493 e. The van der Waals surface area contributed by atoms with Crippen LogP contribution >= 0.6 is 0 Å². The number of nitrogens with zero attached hydrogens (tertiary/aromatic N) is 2. The fraction of sp³-hybridized carbons (Fsp3) is 0.231. The van der Waals surface area contributed by atoms with Crippen LogP contribution < -0.4 is 31.4 Å². The molecule has 4 rings (SSSR count). The van der Waals surface area contributed by atoms with Crippen molar-refractivity contribution >= 4 is 22.7 Å². The summed E-state index contributed by atoms with van der Waals surface area (Å²) >= 11 is 0. The van der Waals surface area contributed by atoms with E-state index >= 15 is 0 Å². The van der Waals surface area contributed by atoms with E-state index in [1.54, 1.807) is 36.4 Å². The van der Waals surface area contributed by atoms with Gasteiger partial charge in [0.05, 0.1) is 44.5 Å². The third kappa shape index (κ3) is 5.25. The number of carbonyl (C=O) groups is 2. The maximum atomic E-state index is 13.5. The zero-order valence-electron chi connectivity index (χ0n) is 20.6. The van der Waals surface area contributed by atoms with Gasteiger partial charge in [-0.2, -0.15) is 0 Å². The van der Waals surface area contributed by atoms with E-state index in [2.05, 4.69) is 10.6 Å². The first-order valence-electron chi connectivity index (χ1n) is 11.4. The summed E-state index contributed by atoms with van der Waals surface area (Å²) in [5.74, 6) is 0.470. The summed E-state index contributed by atoms with van der Waals surface area (Å²) in [6, 6.07) is 12.9. The lowest BCUT2D eigenvalue weighted by molar-refractivity contribution is -0.121. The summed E-state index contributed by atoms with van der Waals surface area (Å²) in [6.45, 7) is -0.265. The molecule has 11 nitrogen and oxygen atoms in total. The van der Waals surface area contributed by atoms with Crippen LogP contribution in [-0.2, 0) is 24.4 Å². The predicted molar refractivity (Wildman–Crippen MR) is 135 cm³/mol. The number of ether oxygens (including phenoxy) is 2. The van der Waals surface area contributed by atoms with E-state index in [1.807, 2.05) is 0 Å². The van der Waals surface area contributed by atoms with Gasteiger partial charge in [-0.25, -0.2) is 4.79 Å². The Kier molecular flexibility index (Phi) is 7.42. The third-order valence-electron chi connectivity index (χ3n) is 5.86. The zero-order valence-corrected chi connectivity index (χ0v) is 20.6. The van der Waals surface area contributed by atoms with Gasteiger partial charge in [0.15, 0.2) is 11.5 Å². The molecule has 0 saturated heterocycles. The molecule has 192 valence electrons. The summed E-state index contributed by atoms with van der Waals surface area (Å²) in [7, 11) is 4.40. The van der Waals surface area contributed by atoms with Crippen LogP contribution in [0.4, 0.5) is 0 Å². The molecule has 37 heavy (non-hydrogen) atoms. The molecule has 0 bridgehead atoms. The van der Waals surface area contributed by atoms with Crippen LogP contribution in [0.15, 0.2) is 68.8 Å². The molecule has 2 heterocycles. The summed E-state index contributed by atoms with van der Waals surface area (Å²) < 4.78 is 18.2. The zero-order chi connectivity index (χ0) is 26.5.